The predicted octanol–water partition coefficient (Wildman–Crippen LogP) is 1.26. The number of likely N-dealkylation sites (N-methyl/N-ethyl adjacent to an activating group) is 1. The lowest BCUT2D eigenvalue weighted by Gasteiger charge is -2.38. The van der Waals surface area contributed by atoms with Gasteiger partial charge in [0.05, 0.1) is 20.6 Å². The maximum Gasteiger partial charge on any atom is 0.187 e. The van der Waals surface area contributed by atoms with E-state index in [1.54, 1.807) is 0 Å². The second-order valence-electron chi connectivity index (χ2n) is 5.74. The predicted molar refractivity (Wildman–Crippen MR) is 75.3 cm³/mol. The van der Waals surface area contributed by atoms with E-state index in [9.17, 15) is 5.11 Å². The number of hydrogen-bond acceptors (Lipinski definition) is 3. The topological polar surface area (TPSA) is 49.5 Å². The molecule has 0 aromatic heterocycles. The minimum Gasteiger partial charge on any atom is -0.399 e. The van der Waals surface area contributed by atoms with Crippen LogP contribution >= 0.6 is 0 Å². The Labute approximate surface area is 109 Å². The molecule has 4 nitrogen and oxygen atoms in total. The first kappa shape index (κ1) is 13.2. The van der Waals surface area contributed by atoms with Crippen molar-refractivity contribution in [3.63, 3.8) is 0 Å². The highest BCUT2D eigenvalue weighted by molar-refractivity contribution is 5.53. The Hall–Kier alpha value is -1.26. The van der Waals surface area contributed by atoms with Gasteiger partial charge < -0.3 is 15.7 Å². The molecular weight excluding hydrogens is 226 g/mol. The first-order valence-electron chi connectivity index (χ1n) is 6.53. The van der Waals surface area contributed by atoms with Crippen LogP contribution in [0.25, 0.3) is 0 Å². The molecule has 2 unspecified atom stereocenters. The number of benzene rings is 1. The molecule has 1 aromatic carbocycles. The van der Waals surface area contributed by atoms with Crippen LogP contribution in [0.2, 0.25) is 0 Å². The standard InChI is InChI=1S/C14H24N3O/c1-11(18)17(2,3)14-8-9-16(10-14)13-6-4-12(15)5-7-13/h4-7,11,14,18H,8-10,15H2,1-3H3/q+1. The second-order valence-corrected chi connectivity index (χ2v) is 5.74. The first-order chi connectivity index (χ1) is 8.41. The van der Waals surface area contributed by atoms with E-state index in [0.29, 0.717) is 10.5 Å². The van der Waals surface area contributed by atoms with Crippen LogP contribution in [0.15, 0.2) is 24.3 Å². The van der Waals surface area contributed by atoms with Crippen LogP contribution in [0.3, 0.4) is 0 Å². The fourth-order valence-electron chi connectivity index (χ4n) is 2.51. The summed E-state index contributed by atoms with van der Waals surface area (Å²) in [5, 5.41) is 9.87. The summed E-state index contributed by atoms with van der Waals surface area (Å²) in [6.07, 6.45) is 0.781. The lowest BCUT2D eigenvalue weighted by atomic mass is 10.2. The molecule has 0 radical (unpaired) electrons. The van der Waals surface area contributed by atoms with Crippen molar-refractivity contribution >= 4 is 11.4 Å². The smallest absolute Gasteiger partial charge is 0.187 e. The van der Waals surface area contributed by atoms with Gasteiger partial charge in [0.25, 0.3) is 0 Å². The van der Waals surface area contributed by atoms with Gasteiger partial charge in [-0.3, -0.25) is 4.48 Å². The minimum absolute atomic E-state index is 0.332. The summed E-state index contributed by atoms with van der Waals surface area (Å²) >= 11 is 0. The van der Waals surface area contributed by atoms with Gasteiger partial charge in [0.15, 0.2) is 6.23 Å². The molecule has 0 spiro atoms. The number of rotatable bonds is 3. The molecule has 0 saturated carbocycles. The maximum atomic E-state index is 9.87. The highest BCUT2D eigenvalue weighted by atomic mass is 16.3. The molecular formula is C14H24N3O+. The summed E-state index contributed by atoms with van der Waals surface area (Å²) in [5.41, 5.74) is 7.73. The van der Waals surface area contributed by atoms with Crippen LogP contribution in [-0.2, 0) is 0 Å². The Morgan fingerprint density at radius 1 is 1.33 bits per heavy atom. The third-order valence-corrected chi connectivity index (χ3v) is 4.33. The number of nitrogens with two attached hydrogens (primary N) is 1. The molecule has 0 bridgehead atoms. The molecule has 18 heavy (non-hydrogen) atoms. The van der Waals surface area contributed by atoms with Gasteiger partial charge in [-0.1, -0.05) is 0 Å². The van der Waals surface area contributed by atoms with E-state index in [2.05, 4.69) is 31.1 Å². The van der Waals surface area contributed by atoms with E-state index in [0.717, 1.165) is 25.2 Å². The van der Waals surface area contributed by atoms with E-state index >= 15 is 0 Å². The molecule has 2 atom stereocenters. The van der Waals surface area contributed by atoms with E-state index in [-0.39, 0.29) is 6.23 Å². The molecule has 2 rings (SSSR count). The van der Waals surface area contributed by atoms with Gasteiger partial charge in [0.1, 0.15) is 6.04 Å². The fraction of sp³-hybridized carbons (Fsp3) is 0.571. The summed E-state index contributed by atoms with van der Waals surface area (Å²) in [7, 11) is 4.20. The Kier molecular flexibility index (Phi) is 3.50. The van der Waals surface area contributed by atoms with Gasteiger partial charge in [-0.2, -0.15) is 0 Å². The maximum absolute atomic E-state index is 9.87. The zero-order valence-corrected chi connectivity index (χ0v) is 11.5. The number of quaternary nitrogens is 1. The van der Waals surface area contributed by atoms with Gasteiger partial charge >= 0.3 is 0 Å². The third-order valence-electron chi connectivity index (χ3n) is 4.33. The van der Waals surface area contributed by atoms with Gasteiger partial charge in [-0.25, -0.2) is 0 Å². The van der Waals surface area contributed by atoms with Crippen molar-refractivity contribution in [3.05, 3.63) is 24.3 Å². The van der Waals surface area contributed by atoms with Crippen molar-refractivity contribution in [2.45, 2.75) is 25.6 Å². The molecule has 0 aliphatic carbocycles. The van der Waals surface area contributed by atoms with Crippen molar-refractivity contribution in [2.24, 2.45) is 0 Å². The molecule has 100 valence electrons. The summed E-state index contributed by atoms with van der Waals surface area (Å²) < 4.78 is 0.658. The van der Waals surface area contributed by atoms with Crippen molar-refractivity contribution < 1.29 is 9.59 Å². The summed E-state index contributed by atoms with van der Waals surface area (Å²) in [6.45, 7) is 3.90. The molecule has 4 heteroatoms. The van der Waals surface area contributed by atoms with Crippen LogP contribution in [-0.4, -0.2) is 49.0 Å². The molecule has 1 aromatic rings. The molecule has 1 aliphatic rings. The zero-order valence-electron chi connectivity index (χ0n) is 11.5. The van der Waals surface area contributed by atoms with Gasteiger partial charge in [0.2, 0.25) is 0 Å². The number of nitrogen functional groups attached to an aromatic ring is 1. The number of anilines is 2. The van der Waals surface area contributed by atoms with Crippen molar-refractivity contribution in [2.75, 3.05) is 37.8 Å². The fourth-order valence-corrected chi connectivity index (χ4v) is 2.51. The Morgan fingerprint density at radius 3 is 2.50 bits per heavy atom. The Balaban J connectivity index is 2.07. The average Bonchev–Trinajstić information content (AvgIpc) is 2.79. The van der Waals surface area contributed by atoms with Crippen LogP contribution in [0, 0.1) is 0 Å². The highest BCUT2D eigenvalue weighted by Gasteiger charge is 2.37. The number of aliphatic hydroxyl groups is 1. The Morgan fingerprint density at radius 2 is 1.94 bits per heavy atom. The lowest BCUT2D eigenvalue weighted by molar-refractivity contribution is -0.954. The van der Waals surface area contributed by atoms with Gasteiger partial charge in [-0.05, 0) is 24.3 Å². The average molecular weight is 250 g/mol. The van der Waals surface area contributed by atoms with E-state index in [1.165, 1.54) is 5.69 Å². The monoisotopic (exact) mass is 250 g/mol. The highest BCUT2D eigenvalue weighted by Crippen LogP contribution is 2.26. The normalized spacial score (nSPS) is 22.2. The van der Waals surface area contributed by atoms with E-state index < -0.39 is 0 Å². The van der Waals surface area contributed by atoms with Crippen LogP contribution in [0.1, 0.15) is 13.3 Å². The number of nitrogens with zero attached hydrogens (tertiary/aromatic N) is 2. The quantitative estimate of drug-likeness (QED) is 0.482. The summed E-state index contributed by atoms with van der Waals surface area (Å²) in [5.74, 6) is 0. The van der Waals surface area contributed by atoms with Crippen molar-refractivity contribution in [3.8, 4) is 0 Å². The SMILES string of the molecule is CC(O)[N+](C)(C)C1CCN(c2ccc(N)cc2)C1. The largest absolute Gasteiger partial charge is 0.399 e. The van der Waals surface area contributed by atoms with Crippen LogP contribution in [0.5, 0.6) is 0 Å². The zero-order chi connectivity index (χ0) is 13.3. The van der Waals surface area contributed by atoms with Crippen LogP contribution in [0.4, 0.5) is 11.4 Å². The van der Waals surface area contributed by atoms with Crippen molar-refractivity contribution in [1.82, 2.24) is 0 Å². The second kappa shape index (κ2) is 4.78. The minimum atomic E-state index is -0.332. The third kappa shape index (κ3) is 2.44. The first-order valence-corrected chi connectivity index (χ1v) is 6.53. The number of aliphatic hydroxyl groups excluding tert-OH is 1. The lowest BCUT2D eigenvalue weighted by Crippen LogP contribution is -2.55. The molecule has 1 fully saturated rings. The molecule has 1 heterocycles. The molecule has 1 saturated heterocycles. The molecule has 0 amide bonds. The van der Waals surface area contributed by atoms with Gasteiger partial charge in [0, 0.05) is 31.3 Å². The van der Waals surface area contributed by atoms with E-state index in [4.69, 9.17) is 5.73 Å². The van der Waals surface area contributed by atoms with E-state index in [1.807, 2.05) is 19.1 Å². The van der Waals surface area contributed by atoms with Crippen LogP contribution < -0.4 is 10.6 Å². The summed E-state index contributed by atoms with van der Waals surface area (Å²) in [4.78, 5) is 2.37. The molecule has 1 aliphatic heterocycles. The Bertz CT molecular complexity index is 400. The van der Waals surface area contributed by atoms with Gasteiger partial charge in [-0.15, -0.1) is 0 Å². The molecule has 3 N–H and O–H groups in total. The van der Waals surface area contributed by atoms with Crippen molar-refractivity contribution in [1.29, 1.82) is 0 Å². The summed E-state index contributed by atoms with van der Waals surface area (Å²) in [6, 6.07) is 8.50. The number of hydrogen-bond donors (Lipinski definition) is 2.